The first-order chi connectivity index (χ1) is 9.67. The van der Waals surface area contributed by atoms with E-state index in [9.17, 15) is 9.90 Å². The second-order valence-corrected chi connectivity index (χ2v) is 5.37. The molecule has 1 fully saturated rings. The van der Waals surface area contributed by atoms with Gasteiger partial charge in [0.25, 0.3) is 5.91 Å². The van der Waals surface area contributed by atoms with Crippen molar-refractivity contribution in [3.05, 3.63) is 24.0 Å². The minimum absolute atomic E-state index is 0.0169. The summed E-state index contributed by atoms with van der Waals surface area (Å²) in [4.78, 5) is 18.4. The third-order valence-electron chi connectivity index (χ3n) is 3.89. The molecule has 5 heteroatoms. The molecule has 2 N–H and O–H groups in total. The zero-order chi connectivity index (χ0) is 14.5. The number of hydrogen-bond donors (Lipinski definition) is 2. The highest BCUT2D eigenvalue weighted by atomic mass is 16.3. The molecule has 2 rings (SSSR count). The summed E-state index contributed by atoms with van der Waals surface area (Å²) >= 11 is 0. The normalized spacial score (nSPS) is 22.1. The van der Waals surface area contributed by atoms with Gasteiger partial charge in [0.2, 0.25) is 0 Å². The predicted molar refractivity (Wildman–Crippen MR) is 78.7 cm³/mol. The van der Waals surface area contributed by atoms with E-state index in [2.05, 4.69) is 24.1 Å². The van der Waals surface area contributed by atoms with Crippen LogP contribution in [0.3, 0.4) is 0 Å². The number of nitrogens with zero attached hydrogens (tertiary/aromatic N) is 2. The van der Waals surface area contributed by atoms with E-state index in [0.29, 0.717) is 18.2 Å². The van der Waals surface area contributed by atoms with Gasteiger partial charge < -0.3 is 15.3 Å². The smallest absolute Gasteiger partial charge is 0.272 e. The molecule has 0 spiro atoms. The monoisotopic (exact) mass is 277 g/mol. The molecule has 2 heterocycles. The first kappa shape index (κ1) is 14.8. The second-order valence-electron chi connectivity index (χ2n) is 5.37. The van der Waals surface area contributed by atoms with Crippen molar-refractivity contribution in [2.75, 3.05) is 25.0 Å². The lowest BCUT2D eigenvalue weighted by atomic mass is 10.0. The maximum absolute atomic E-state index is 12.4. The zero-order valence-corrected chi connectivity index (χ0v) is 12.2. The van der Waals surface area contributed by atoms with E-state index in [1.807, 2.05) is 6.07 Å². The molecule has 2 atom stereocenters. The molecule has 110 valence electrons. The SMILES string of the molecule is CCCNc1ccc(C(=O)N2CCC(C)C2CO)nc1. The Balaban J connectivity index is 2.05. The van der Waals surface area contributed by atoms with Crippen LogP contribution in [-0.4, -0.2) is 46.6 Å². The van der Waals surface area contributed by atoms with Crippen molar-refractivity contribution >= 4 is 11.6 Å². The molecule has 1 amide bonds. The molecule has 1 aliphatic heterocycles. The largest absolute Gasteiger partial charge is 0.394 e. The van der Waals surface area contributed by atoms with Crippen molar-refractivity contribution in [2.45, 2.75) is 32.7 Å². The summed E-state index contributed by atoms with van der Waals surface area (Å²) in [6.45, 7) is 5.78. The highest BCUT2D eigenvalue weighted by molar-refractivity contribution is 5.93. The molecule has 0 radical (unpaired) electrons. The van der Waals surface area contributed by atoms with Gasteiger partial charge in [-0.1, -0.05) is 13.8 Å². The molecule has 1 aliphatic rings. The van der Waals surface area contributed by atoms with E-state index in [-0.39, 0.29) is 18.6 Å². The highest BCUT2D eigenvalue weighted by Gasteiger charge is 2.34. The van der Waals surface area contributed by atoms with Crippen LogP contribution in [0, 0.1) is 5.92 Å². The van der Waals surface area contributed by atoms with E-state index in [1.54, 1.807) is 17.2 Å². The third-order valence-corrected chi connectivity index (χ3v) is 3.89. The van der Waals surface area contributed by atoms with Crippen LogP contribution < -0.4 is 5.32 Å². The molecule has 20 heavy (non-hydrogen) atoms. The van der Waals surface area contributed by atoms with Gasteiger partial charge in [-0.3, -0.25) is 4.79 Å². The summed E-state index contributed by atoms with van der Waals surface area (Å²) in [5.74, 6) is 0.255. The quantitative estimate of drug-likeness (QED) is 0.860. The van der Waals surface area contributed by atoms with Gasteiger partial charge in [0, 0.05) is 13.1 Å². The Hall–Kier alpha value is -1.62. The van der Waals surface area contributed by atoms with Crippen LogP contribution in [0.4, 0.5) is 5.69 Å². The Kier molecular flexibility index (Phi) is 4.95. The fraction of sp³-hybridized carbons (Fsp3) is 0.600. The van der Waals surface area contributed by atoms with Crippen LogP contribution in [0.15, 0.2) is 18.3 Å². The molecule has 1 aromatic rings. The number of hydrogen-bond acceptors (Lipinski definition) is 4. The molecule has 1 saturated heterocycles. The molecule has 0 bridgehead atoms. The molecule has 5 nitrogen and oxygen atoms in total. The minimum Gasteiger partial charge on any atom is -0.394 e. The number of anilines is 1. The lowest BCUT2D eigenvalue weighted by Gasteiger charge is -2.24. The number of aromatic nitrogens is 1. The number of rotatable bonds is 5. The van der Waals surface area contributed by atoms with E-state index in [4.69, 9.17) is 0 Å². The Labute approximate surface area is 120 Å². The van der Waals surface area contributed by atoms with Gasteiger partial charge in [0.15, 0.2) is 0 Å². The Morgan fingerprint density at radius 2 is 2.35 bits per heavy atom. The van der Waals surface area contributed by atoms with Gasteiger partial charge in [-0.25, -0.2) is 4.98 Å². The zero-order valence-electron chi connectivity index (χ0n) is 12.2. The summed E-state index contributed by atoms with van der Waals surface area (Å²) in [5, 5.41) is 12.6. The lowest BCUT2D eigenvalue weighted by Crippen LogP contribution is -2.40. The van der Waals surface area contributed by atoms with Crippen molar-refractivity contribution in [2.24, 2.45) is 5.92 Å². The van der Waals surface area contributed by atoms with Gasteiger partial charge in [0.05, 0.1) is 24.5 Å². The number of aliphatic hydroxyl groups excluding tert-OH is 1. The summed E-state index contributed by atoms with van der Waals surface area (Å²) < 4.78 is 0. The molecule has 0 aliphatic carbocycles. The van der Waals surface area contributed by atoms with Crippen molar-refractivity contribution in [3.63, 3.8) is 0 Å². The average Bonchev–Trinajstić information content (AvgIpc) is 2.85. The van der Waals surface area contributed by atoms with E-state index in [0.717, 1.165) is 25.1 Å². The van der Waals surface area contributed by atoms with Crippen LogP contribution in [0.25, 0.3) is 0 Å². The van der Waals surface area contributed by atoms with Crippen LogP contribution in [-0.2, 0) is 0 Å². The van der Waals surface area contributed by atoms with Crippen molar-refractivity contribution in [3.8, 4) is 0 Å². The first-order valence-corrected chi connectivity index (χ1v) is 7.29. The predicted octanol–water partition coefficient (Wildman–Crippen LogP) is 1.75. The highest BCUT2D eigenvalue weighted by Crippen LogP contribution is 2.25. The number of carbonyl (C=O) groups excluding carboxylic acids is 1. The number of likely N-dealkylation sites (tertiary alicyclic amines) is 1. The van der Waals surface area contributed by atoms with Crippen LogP contribution in [0.1, 0.15) is 37.2 Å². The number of aliphatic hydroxyl groups is 1. The van der Waals surface area contributed by atoms with Crippen LogP contribution in [0.5, 0.6) is 0 Å². The number of amides is 1. The summed E-state index contributed by atoms with van der Waals surface area (Å²) in [6, 6.07) is 3.54. The van der Waals surface area contributed by atoms with Crippen molar-refractivity contribution < 1.29 is 9.90 Å². The fourth-order valence-electron chi connectivity index (χ4n) is 2.58. The summed E-state index contributed by atoms with van der Waals surface area (Å²) in [7, 11) is 0. The first-order valence-electron chi connectivity index (χ1n) is 7.29. The fourth-order valence-corrected chi connectivity index (χ4v) is 2.58. The third kappa shape index (κ3) is 3.10. The van der Waals surface area contributed by atoms with Gasteiger partial charge in [0.1, 0.15) is 5.69 Å². The Morgan fingerprint density at radius 1 is 1.55 bits per heavy atom. The molecule has 1 aromatic heterocycles. The van der Waals surface area contributed by atoms with E-state index >= 15 is 0 Å². The topological polar surface area (TPSA) is 65.5 Å². The number of nitrogens with one attached hydrogen (secondary N) is 1. The Morgan fingerprint density at radius 3 is 2.95 bits per heavy atom. The standard InChI is InChI=1S/C15H23N3O2/c1-3-7-16-12-4-5-13(17-9-12)15(20)18-8-6-11(2)14(18)10-19/h4-5,9,11,14,16,19H,3,6-8,10H2,1-2H3. The Bertz CT molecular complexity index is 447. The average molecular weight is 277 g/mol. The van der Waals surface area contributed by atoms with Gasteiger partial charge >= 0.3 is 0 Å². The molecule has 0 saturated carbocycles. The van der Waals surface area contributed by atoms with Crippen LogP contribution >= 0.6 is 0 Å². The summed E-state index contributed by atoms with van der Waals surface area (Å²) in [6.07, 6.45) is 3.67. The summed E-state index contributed by atoms with van der Waals surface area (Å²) in [5.41, 5.74) is 1.37. The van der Waals surface area contributed by atoms with Gasteiger partial charge in [-0.2, -0.15) is 0 Å². The molecular formula is C15H23N3O2. The van der Waals surface area contributed by atoms with Crippen molar-refractivity contribution in [1.29, 1.82) is 0 Å². The minimum atomic E-state index is -0.0876. The molecule has 0 aromatic carbocycles. The van der Waals surface area contributed by atoms with E-state index in [1.165, 1.54) is 0 Å². The molecular weight excluding hydrogens is 254 g/mol. The number of carbonyl (C=O) groups is 1. The van der Waals surface area contributed by atoms with Crippen molar-refractivity contribution in [1.82, 2.24) is 9.88 Å². The maximum Gasteiger partial charge on any atom is 0.272 e. The number of pyridine rings is 1. The maximum atomic E-state index is 12.4. The molecule has 2 unspecified atom stereocenters. The van der Waals surface area contributed by atoms with Gasteiger partial charge in [-0.15, -0.1) is 0 Å². The van der Waals surface area contributed by atoms with Gasteiger partial charge in [-0.05, 0) is 30.9 Å². The second kappa shape index (κ2) is 6.70. The lowest BCUT2D eigenvalue weighted by molar-refractivity contribution is 0.0642. The van der Waals surface area contributed by atoms with Crippen LogP contribution in [0.2, 0.25) is 0 Å². The van der Waals surface area contributed by atoms with E-state index < -0.39 is 0 Å².